The quantitative estimate of drug-likeness (QED) is 0.297. The summed E-state index contributed by atoms with van der Waals surface area (Å²) >= 11 is 0. The topological polar surface area (TPSA) is 58.4 Å². The lowest BCUT2D eigenvalue weighted by Crippen LogP contribution is -2.36. The second-order valence-electron chi connectivity index (χ2n) is 8.14. The Morgan fingerprint density at radius 3 is 2.76 bits per heavy atom. The van der Waals surface area contributed by atoms with Crippen molar-refractivity contribution in [2.24, 2.45) is 17.3 Å². The molecular formula is C20H35N3O2. The van der Waals surface area contributed by atoms with Gasteiger partial charge in [0.1, 0.15) is 0 Å². The molecule has 2 aliphatic rings. The molecule has 0 saturated carbocycles. The van der Waals surface area contributed by atoms with Crippen molar-refractivity contribution in [1.29, 1.82) is 0 Å². The van der Waals surface area contributed by atoms with Gasteiger partial charge in [-0.15, -0.1) is 0 Å². The van der Waals surface area contributed by atoms with E-state index in [2.05, 4.69) is 37.9 Å². The second-order valence-corrected chi connectivity index (χ2v) is 8.14. The van der Waals surface area contributed by atoms with Crippen molar-refractivity contribution in [3.05, 3.63) is 33.5 Å². The largest absolute Gasteiger partial charge is 0.315 e. The predicted molar refractivity (Wildman–Crippen MR) is 103 cm³/mol. The van der Waals surface area contributed by atoms with Gasteiger partial charge >= 0.3 is 0 Å². The van der Waals surface area contributed by atoms with E-state index in [9.17, 15) is 10.1 Å². The SMILES string of the molecule is CCC(C)(CC)CNCCN1CCC(C2C=C([N+](=O)[O-])CC=C2C)C1. The Hall–Kier alpha value is -1.20. The van der Waals surface area contributed by atoms with E-state index < -0.39 is 0 Å². The van der Waals surface area contributed by atoms with Crippen LogP contribution in [-0.2, 0) is 0 Å². The highest BCUT2D eigenvalue weighted by Gasteiger charge is 2.32. The Bertz CT molecular complexity index is 523. The third kappa shape index (κ3) is 5.38. The smallest absolute Gasteiger partial charge is 0.246 e. The van der Waals surface area contributed by atoms with E-state index in [-0.39, 0.29) is 10.8 Å². The molecule has 2 atom stereocenters. The third-order valence-electron chi connectivity index (χ3n) is 6.45. The van der Waals surface area contributed by atoms with E-state index >= 15 is 0 Å². The Kier molecular flexibility index (Phi) is 7.20. The summed E-state index contributed by atoms with van der Waals surface area (Å²) in [5, 5.41) is 14.7. The molecule has 5 nitrogen and oxygen atoms in total. The van der Waals surface area contributed by atoms with Gasteiger partial charge in [-0.1, -0.05) is 32.4 Å². The molecule has 142 valence electrons. The van der Waals surface area contributed by atoms with Crippen molar-refractivity contribution in [3.8, 4) is 0 Å². The molecule has 0 aromatic heterocycles. The summed E-state index contributed by atoms with van der Waals surface area (Å²) < 4.78 is 0. The highest BCUT2D eigenvalue weighted by atomic mass is 16.6. The summed E-state index contributed by atoms with van der Waals surface area (Å²) in [7, 11) is 0. The fraction of sp³-hybridized carbons (Fsp3) is 0.800. The second kappa shape index (κ2) is 8.95. The summed E-state index contributed by atoms with van der Waals surface area (Å²) in [6.45, 7) is 14.3. The molecular weight excluding hydrogens is 314 g/mol. The van der Waals surface area contributed by atoms with Crippen molar-refractivity contribution >= 4 is 0 Å². The summed E-state index contributed by atoms with van der Waals surface area (Å²) in [6.07, 6.45) is 7.99. The fourth-order valence-corrected chi connectivity index (χ4v) is 3.94. The van der Waals surface area contributed by atoms with Crippen LogP contribution in [0, 0.1) is 27.4 Å². The maximum absolute atomic E-state index is 11.1. The molecule has 0 spiro atoms. The lowest BCUT2D eigenvalue weighted by molar-refractivity contribution is -0.427. The highest BCUT2D eigenvalue weighted by Crippen LogP contribution is 2.34. The van der Waals surface area contributed by atoms with Gasteiger partial charge in [0, 0.05) is 32.1 Å². The minimum Gasteiger partial charge on any atom is -0.315 e. The van der Waals surface area contributed by atoms with Crippen molar-refractivity contribution < 1.29 is 4.92 Å². The van der Waals surface area contributed by atoms with E-state index in [0.717, 1.165) is 39.1 Å². The van der Waals surface area contributed by atoms with E-state index in [1.165, 1.54) is 18.4 Å². The molecule has 1 fully saturated rings. The Morgan fingerprint density at radius 1 is 1.40 bits per heavy atom. The van der Waals surface area contributed by atoms with E-state index in [4.69, 9.17) is 0 Å². The molecule has 1 heterocycles. The molecule has 5 heteroatoms. The number of nitrogens with zero attached hydrogens (tertiary/aromatic N) is 2. The number of rotatable bonds is 9. The van der Waals surface area contributed by atoms with Crippen LogP contribution in [0.25, 0.3) is 0 Å². The number of likely N-dealkylation sites (tertiary alicyclic amines) is 1. The highest BCUT2D eigenvalue weighted by molar-refractivity contribution is 5.22. The zero-order chi connectivity index (χ0) is 18.4. The third-order valence-corrected chi connectivity index (χ3v) is 6.45. The Labute approximate surface area is 152 Å². The fourth-order valence-electron chi connectivity index (χ4n) is 3.94. The number of nitrogens with one attached hydrogen (secondary N) is 1. The molecule has 0 bridgehead atoms. The van der Waals surface area contributed by atoms with Gasteiger partial charge in [0.25, 0.3) is 0 Å². The lowest BCUT2D eigenvalue weighted by Gasteiger charge is -2.28. The van der Waals surface area contributed by atoms with Crippen LogP contribution in [-0.4, -0.2) is 42.5 Å². The summed E-state index contributed by atoms with van der Waals surface area (Å²) in [5.74, 6) is 0.763. The molecule has 25 heavy (non-hydrogen) atoms. The van der Waals surface area contributed by atoms with Crippen molar-refractivity contribution in [2.45, 2.75) is 53.4 Å². The van der Waals surface area contributed by atoms with Gasteiger partial charge in [-0.3, -0.25) is 10.1 Å². The molecule has 2 unspecified atom stereocenters. The first kappa shape index (κ1) is 20.1. The molecule has 1 aliphatic carbocycles. The van der Waals surface area contributed by atoms with Crippen LogP contribution < -0.4 is 5.32 Å². The maximum Gasteiger partial charge on any atom is 0.246 e. The molecule has 0 aromatic rings. The lowest BCUT2D eigenvalue weighted by atomic mass is 9.82. The van der Waals surface area contributed by atoms with Crippen LogP contribution in [0.2, 0.25) is 0 Å². The van der Waals surface area contributed by atoms with Crippen LogP contribution in [0.5, 0.6) is 0 Å². The van der Waals surface area contributed by atoms with Gasteiger partial charge in [-0.25, -0.2) is 0 Å². The summed E-state index contributed by atoms with van der Waals surface area (Å²) in [5.41, 5.74) is 2.08. The average molecular weight is 350 g/mol. The number of allylic oxidation sites excluding steroid dienone is 3. The van der Waals surface area contributed by atoms with Crippen molar-refractivity contribution in [2.75, 3.05) is 32.7 Å². The van der Waals surface area contributed by atoms with Gasteiger partial charge < -0.3 is 10.2 Å². The van der Waals surface area contributed by atoms with E-state index in [1.54, 1.807) is 0 Å². The van der Waals surface area contributed by atoms with Crippen LogP contribution in [0.1, 0.15) is 53.4 Å². The molecule has 1 aliphatic heterocycles. The van der Waals surface area contributed by atoms with Crippen molar-refractivity contribution in [3.63, 3.8) is 0 Å². The molecule has 0 aromatic carbocycles. The zero-order valence-electron chi connectivity index (χ0n) is 16.4. The van der Waals surface area contributed by atoms with Crippen LogP contribution >= 0.6 is 0 Å². The van der Waals surface area contributed by atoms with Gasteiger partial charge in [0.05, 0.1) is 11.3 Å². The standard InChI is InChI=1S/C20H35N3O2/c1-5-20(4,6-2)15-21-10-12-22-11-9-17(14-22)19-13-18(23(24)25)8-7-16(19)3/h7,13,17,19,21H,5-6,8-12,14-15H2,1-4H3. The molecule has 1 saturated heterocycles. The Morgan fingerprint density at radius 2 is 2.12 bits per heavy atom. The predicted octanol–water partition coefficient (Wildman–Crippen LogP) is 3.85. The van der Waals surface area contributed by atoms with Crippen LogP contribution in [0.15, 0.2) is 23.4 Å². The van der Waals surface area contributed by atoms with Crippen LogP contribution in [0.3, 0.4) is 0 Å². The first-order valence-corrected chi connectivity index (χ1v) is 9.83. The Balaban J connectivity index is 1.78. The van der Waals surface area contributed by atoms with E-state index in [0.29, 0.717) is 23.5 Å². The zero-order valence-corrected chi connectivity index (χ0v) is 16.4. The first-order valence-electron chi connectivity index (χ1n) is 9.83. The minimum absolute atomic E-state index is 0.217. The number of hydrogen-bond donors (Lipinski definition) is 1. The molecule has 2 rings (SSSR count). The van der Waals surface area contributed by atoms with E-state index in [1.807, 2.05) is 12.2 Å². The monoisotopic (exact) mass is 349 g/mol. The number of nitro groups is 1. The maximum atomic E-state index is 11.1. The minimum atomic E-state index is -0.217. The average Bonchev–Trinajstić information content (AvgIpc) is 3.07. The van der Waals surface area contributed by atoms with Crippen LogP contribution in [0.4, 0.5) is 0 Å². The van der Waals surface area contributed by atoms with Crippen molar-refractivity contribution in [1.82, 2.24) is 10.2 Å². The van der Waals surface area contributed by atoms with Gasteiger partial charge in [-0.05, 0) is 50.1 Å². The summed E-state index contributed by atoms with van der Waals surface area (Å²) in [6, 6.07) is 0. The molecule has 0 amide bonds. The first-order chi connectivity index (χ1) is 11.9. The van der Waals surface area contributed by atoms with Gasteiger partial charge in [0.15, 0.2) is 0 Å². The molecule has 1 N–H and O–H groups in total. The molecule has 0 radical (unpaired) electrons. The number of hydrogen-bond acceptors (Lipinski definition) is 4. The summed E-state index contributed by atoms with van der Waals surface area (Å²) in [4.78, 5) is 13.4. The normalized spacial score (nSPS) is 25.0. The van der Waals surface area contributed by atoms with Gasteiger partial charge in [-0.2, -0.15) is 0 Å². The van der Waals surface area contributed by atoms with Gasteiger partial charge in [0.2, 0.25) is 5.70 Å².